The number of aliphatic hydroxyl groups excluding tert-OH is 1. The lowest BCUT2D eigenvalue weighted by molar-refractivity contribution is 0.136. The second-order valence-corrected chi connectivity index (χ2v) is 6.43. The first-order valence-electron chi connectivity index (χ1n) is 8.67. The maximum absolute atomic E-state index is 10.1. The highest BCUT2D eigenvalue weighted by molar-refractivity contribution is 5.34. The summed E-state index contributed by atoms with van der Waals surface area (Å²) in [5, 5.41) is 13.4. The van der Waals surface area contributed by atoms with E-state index in [2.05, 4.69) is 15.3 Å². The minimum absolute atomic E-state index is 0.0179. The van der Waals surface area contributed by atoms with Gasteiger partial charge in [-0.25, -0.2) is 0 Å². The number of rotatable bonds is 7. The average Bonchev–Trinajstić information content (AvgIpc) is 3.10. The third-order valence-electron chi connectivity index (χ3n) is 4.29. The van der Waals surface area contributed by atoms with Crippen molar-refractivity contribution in [3.8, 4) is 5.88 Å². The van der Waals surface area contributed by atoms with Crippen LogP contribution in [0.1, 0.15) is 57.3 Å². The summed E-state index contributed by atoms with van der Waals surface area (Å²) in [6.07, 6.45) is 10.9. The van der Waals surface area contributed by atoms with E-state index in [-0.39, 0.29) is 12.1 Å². The molecule has 0 amide bonds. The first kappa shape index (κ1) is 16.8. The molecule has 1 saturated carbocycles. The van der Waals surface area contributed by atoms with Gasteiger partial charge in [-0.15, -0.1) is 0 Å². The van der Waals surface area contributed by atoms with Gasteiger partial charge >= 0.3 is 0 Å². The van der Waals surface area contributed by atoms with Crippen molar-refractivity contribution in [3.63, 3.8) is 0 Å². The Bertz CT molecular complexity index is 612. The van der Waals surface area contributed by atoms with Gasteiger partial charge in [0.2, 0.25) is 5.88 Å². The van der Waals surface area contributed by atoms with E-state index >= 15 is 0 Å². The second-order valence-electron chi connectivity index (χ2n) is 6.43. The van der Waals surface area contributed by atoms with E-state index in [4.69, 9.17) is 9.15 Å². The molecule has 2 heterocycles. The second kappa shape index (κ2) is 8.15. The fraction of sp³-hybridized carbons (Fsp3) is 0.556. The van der Waals surface area contributed by atoms with E-state index in [0.717, 1.165) is 12.8 Å². The van der Waals surface area contributed by atoms with Gasteiger partial charge < -0.3 is 19.6 Å². The molecule has 3 rings (SSSR count). The Hall–Kier alpha value is -2.08. The van der Waals surface area contributed by atoms with Crippen LogP contribution in [0.25, 0.3) is 0 Å². The summed E-state index contributed by atoms with van der Waals surface area (Å²) in [5.41, 5.74) is 0. The van der Waals surface area contributed by atoms with E-state index < -0.39 is 6.10 Å². The predicted octanol–water partition coefficient (Wildman–Crippen LogP) is 3.71. The zero-order chi connectivity index (χ0) is 16.8. The largest absolute Gasteiger partial charge is 0.473 e. The van der Waals surface area contributed by atoms with Crippen LogP contribution in [-0.4, -0.2) is 27.2 Å². The smallest absolute Gasteiger partial charge is 0.234 e. The van der Waals surface area contributed by atoms with Gasteiger partial charge in [-0.3, -0.25) is 4.98 Å². The fourth-order valence-corrected chi connectivity index (χ4v) is 3.07. The monoisotopic (exact) mass is 331 g/mol. The van der Waals surface area contributed by atoms with Gasteiger partial charge in [-0.2, -0.15) is 4.98 Å². The molecular formula is C18H25N3O3. The molecular weight excluding hydrogens is 306 g/mol. The van der Waals surface area contributed by atoms with E-state index in [9.17, 15) is 5.11 Å². The Morgan fingerprint density at radius 1 is 1.33 bits per heavy atom. The summed E-state index contributed by atoms with van der Waals surface area (Å²) in [7, 11) is 0. The number of aromatic nitrogens is 2. The van der Waals surface area contributed by atoms with Crippen LogP contribution in [-0.2, 0) is 0 Å². The normalized spacial score (nSPS) is 18.1. The molecule has 2 N–H and O–H groups in total. The summed E-state index contributed by atoms with van der Waals surface area (Å²) in [4.78, 5) is 8.68. The van der Waals surface area contributed by atoms with Crippen molar-refractivity contribution in [2.75, 3.05) is 5.32 Å². The molecule has 0 aromatic carbocycles. The molecule has 1 aliphatic carbocycles. The number of nitrogens with one attached hydrogen (secondary N) is 1. The summed E-state index contributed by atoms with van der Waals surface area (Å²) >= 11 is 0. The minimum Gasteiger partial charge on any atom is -0.473 e. The van der Waals surface area contributed by atoms with Gasteiger partial charge in [0.25, 0.3) is 0 Å². The molecule has 2 aromatic rings. The van der Waals surface area contributed by atoms with Crippen molar-refractivity contribution in [1.82, 2.24) is 9.97 Å². The number of hydrogen-bond acceptors (Lipinski definition) is 6. The molecule has 0 bridgehead atoms. The molecule has 0 radical (unpaired) electrons. The number of hydrogen-bond donors (Lipinski definition) is 2. The highest BCUT2D eigenvalue weighted by atomic mass is 16.5. The number of furan rings is 1. The van der Waals surface area contributed by atoms with Crippen LogP contribution in [0.15, 0.2) is 35.2 Å². The SMILES string of the molecule is CC(CC(O)c1ccco1)Nc1cncc(OC2CCCCC2)n1. The Kier molecular flexibility index (Phi) is 5.69. The molecule has 6 heteroatoms. The third kappa shape index (κ3) is 4.71. The van der Waals surface area contributed by atoms with Gasteiger partial charge in [0.15, 0.2) is 0 Å². The molecule has 0 saturated heterocycles. The van der Waals surface area contributed by atoms with Crippen LogP contribution in [0.2, 0.25) is 0 Å². The van der Waals surface area contributed by atoms with Gasteiger partial charge in [0, 0.05) is 12.5 Å². The summed E-state index contributed by atoms with van der Waals surface area (Å²) in [5.74, 6) is 1.79. The van der Waals surface area contributed by atoms with Crippen molar-refractivity contribution in [2.24, 2.45) is 0 Å². The van der Waals surface area contributed by atoms with Crippen molar-refractivity contribution in [2.45, 2.75) is 63.7 Å². The van der Waals surface area contributed by atoms with Crippen molar-refractivity contribution < 1.29 is 14.3 Å². The molecule has 1 fully saturated rings. The molecule has 24 heavy (non-hydrogen) atoms. The van der Waals surface area contributed by atoms with Crippen LogP contribution < -0.4 is 10.1 Å². The molecule has 130 valence electrons. The maximum atomic E-state index is 10.1. The summed E-state index contributed by atoms with van der Waals surface area (Å²) in [6, 6.07) is 3.56. The summed E-state index contributed by atoms with van der Waals surface area (Å²) < 4.78 is 11.2. The minimum atomic E-state index is -0.642. The average molecular weight is 331 g/mol. The lowest BCUT2D eigenvalue weighted by atomic mass is 9.98. The molecule has 0 spiro atoms. The van der Waals surface area contributed by atoms with Crippen molar-refractivity contribution in [3.05, 3.63) is 36.5 Å². The van der Waals surface area contributed by atoms with Crippen molar-refractivity contribution in [1.29, 1.82) is 0 Å². The maximum Gasteiger partial charge on any atom is 0.234 e. The van der Waals surface area contributed by atoms with Gasteiger partial charge in [0.1, 0.15) is 23.8 Å². The van der Waals surface area contributed by atoms with E-state index in [1.165, 1.54) is 19.3 Å². The van der Waals surface area contributed by atoms with Crippen LogP contribution in [0.4, 0.5) is 5.82 Å². The first-order chi connectivity index (χ1) is 11.7. The molecule has 2 aromatic heterocycles. The molecule has 2 unspecified atom stereocenters. The number of ether oxygens (including phenoxy) is 1. The summed E-state index contributed by atoms with van der Waals surface area (Å²) in [6.45, 7) is 1.99. The van der Waals surface area contributed by atoms with Gasteiger partial charge in [-0.05, 0) is 44.7 Å². The predicted molar refractivity (Wildman–Crippen MR) is 90.9 cm³/mol. The van der Waals surface area contributed by atoms with E-state index in [1.807, 2.05) is 6.92 Å². The first-order valence-corrected chi connectivity index (χ1v) is 8.67. The molecule has 6 nitrogen and oxygen atoms in total. The highest BCUT2D eigenvalue weighted by Gasteiger charge is 2.17. The zero-order valence-electron chi connectivity index (χ0n) is 14.0. The standard InChI is InChI=1S/C18H25N3O3/c1-13(10-15(22)16-8-5-9-23-16)20-17-11-19-12-18(21-17)24-14-6-3-2-4-7-14/h5,8-9,11-15,22H,2-4,6-7,10H2,1H3,(H,20,21). The van der Waals surface area contributed by atoms with E-state index in [1.54, 1.807) is 30.8 Å². The fourth-order valence-electron chi connectivity index (χ4n) is 3.07. The Labute approximate surface area is 142 Å². The van der Waals surface area contributed by atoms with E-state index in [0.29, 0.717) is 23.9 Å². The Morgan fingerprint density at radius 2 is 2.17 bits per heavy atom. The van der Waals surface area contributed by atoms with Crippen LogP contribution in [0.3, 0.4) is 0 Å². The van der Waals surface area contributed by atoms with Gasteiger partial charge in [0.05, 0.1) is 18.7 Å². The topological polar surface area (TPSA) is 80.4 Å². The van der Waals surface area contributed by atoms with Crippen LogP contribution >= 0.6 is 0 Å². The Balaban J connectivity index is 1.53. The quantitative estimate of drug-likeness (QED) is 0.805. The lowest BCUT2D eigenvalue weighted by Gasteiger charge is -2.22. The highest BCUT2D eigenvalue weighted by Crippen LogP contribution is 2.23. The molecule has 2 atom stereocenters. The van der Waals surface area contributed by atoms with Crippen LogP contribution in [0.5, 0.6) is 5.88 Å². The number of aliphatic hydroxyl groups is 1. The lowest BCUT2D eigenvalue weighted by Crippen LogP contribution is -2.22. The van der Waals surface area contributed by atoms with Crippen LogP contribution in [0, 0.1) is 0 Å². The van der Waals surface area contributed by atoms with Crippen molar-refractivity contribution >= 4 is 5.82 Å². The third-order valence-corrected chi connectivity index (χ3v) is 4.29. The zero-order valence-corrected chi connectivity index (χ0v) is 14.0. The van der Waals surface area contributed by atoms with Gasteiger partial charge in [-0.1, -0.05) is 6.42 Å². The molecule has 0 aliphatic heterocycles. The number of anilines is 1. The Morgan fingerprint density at radius 3 is 2.92 bits per heavy atom. The molecule has 1 aliphatic rings. The number of nitrogens with zero attached hydrogens (tertiary/aromatic N) is 2.